The first kappa shape index (κ1) is 29.2. The first-order valence-corrected chi connectivity index (χ1v) is 13.0. The molecule has 38 heavy (non-hydrogen) atoms. The number of anilines is 2. The average molecular weight is 527 g/mol. The van der Waals surface area contributed by atoms with Gasteiger partial charge in [0.1, 0.15) is 0 Å². The monoisotopic (exact) mass is 526 g/mol. The predicted octanol–water partition coefficient (Wildman–Crippen LogP) is 7.72. The van der Waals surface area contributed by atoms with Gasteiger partial charge in [-0.05, 0) is 47.9 Å². The van der Waals surface area contributed by atoms with E-state index in [1.54, 1.807) is 18.7 Å². The van der Waals surface area contributed by atoms with Gasteiger partial charge in [-0.25, -0.2) is 0 Å². The van der Waals surface area contributed by atoms with Crippen molar-refractivity contribution in [3.63, 3.8) is 0 Å². The van der Waals surface area contributed by atoms with Crippen LogP contribution in [0.5, 0.6) is 0 Å². The minimum atomic E-state index is -4.83. The second-order valence-corrected chi connectivity index (χ2v) is 11.0. The molecular formula is C31H37F3N2O2. The number of nitrogens with zero attached hydrogens (tertiary/aromatic N) is 2. The summed E-state index contributed by atoms with van der Waals surface area (Å²) < 4.78 is 38.1. The molecule has 7 heteroatoms. The second kappa shape index (κ2) is 11.6. The van der Waals surface area contributed by atoms with E-state index in [9.17, 15) is 22.8 Å². The summed E-state index contributed by atoms with van der Waals surface area (Å²) in [5.41, 5.74) is 1.96. The van der Waals surface area contributed by atoms with Crippen LogP contribution in [0.15, 0.2) is 84.2 Å². The van der Waals surface area contributed by atoms with Crippen molar-refractivity contribution in [3.8, 4) is 0 Å². The van der Waals surface area contributed by atoms with Gasteiger partial charge in [0, 0.05) is 54.4 Å². The fourth-order valence-electron chi connectivity index (χ4n) is 4.66. The molecule has 0 spiro atoms. The highest BCUT2D eigenvalue weighted by Crippen LogP contribution is 2.40. The number of Topliss-reactive ketones (excluding diaryl/α,β-unsaturated/α-hetero) is 2. The van der Waals surface area contributed by atoms with Crippen LogP contribution in [0.4, 0.5) is 24.5 Å². The van der Waals surface area contributed by atoms with Gasteiger partial charge >= 0.3 is 6.18 Å². The average Bonchev–Trinajstić information content (AvgIpc) is 2.88. The van der Waals surface area contributed by atoms with E-state index in [4.69, 9.17) is 0 Å². The molecule has 2 aromatic carbocycles. The quantitative estimate of drug-likeness (QED) is 0.400. The van der Waals surface area contributed by atoms with E-state index in [-0.39, 0.29) is 16.8 Å². The number of hydrogen-bond acceptors (Lipinski definition) is 4. The molecule has 2 aromatic rings. The summed E-state index contributed by atoms with van der Waals surface area (Å²) in [7, 11) is 0. The minimum absolute atomic E-state index is 0.00161. The topological polar surface area (TPSA) is 40.6 Å². The Labute approximate surface area is 223 Å². The van der Waals surface area contributed by atoms with Crippen molar-refractivity contribution in [2.24, 2.45) is 10.8 Å². The predicted molar refractivity (Wildman–Crippen MR) is 147 cm³/mol. The van der Waals surface area contributed by atoms with E-state index in [0.29, 0.717) is 19.4 Å². The Morgan fingerprint density at radius 1 is 0.737 bits per heavy atom. The maximum atomic E-state index is 12.7. The highest BCUT2D eigenvalue weighted by atomic mass is 19.4. The lowest BCUT2D eigenvalue weighted by Crippen LogP contribution is -2.39. The number of hydrogen-bond donors (Lipinski definition) is 0. The smallest absolute Gasteiger partial charge is 0.348 e. The Morgan fingerprint density at radius 2 is 1.13 bits per heavy atom. The normalized spacial score (nSPS) is 18.5. The van der Waals surface area contributed by atoms with E-state index in [1.165, 1.54) is 6.20 Å². The molecule has 0 bridgehead atoms. The second-order valence-electron chi connectivity index (χ2n) is 11.0. The molecule has 0 aliphatic carbocycles. The van der Waals surface area contributed by atoms with Gasteiger partial charge in [-0.15, -0.1) is 0 Å². The zero-order chi connectivity index (χ0) is 28.1. The number of halogens is 3. The lowest BCUT2D eigenvalue weighted by atomic mass is 9.77. The van der Waals surface area contributed by atoms with Crippen LogP contribution < -0.4 is 9.80 Å². The van der Waals surface area contributed by atoms with Crippen molar-refractivity contribution in [2.75, 3.05) is 22.9 Å². The maximum Gasteiger partial charge on any atom is 0.454 e. The standard InChI is InChI=1S/C16H21NO.C15H16F3NO/c1-4-15(18)14-12-17(11-10-16(14,2)3)13-8-6-5-7-9-13;1-14(2)8-9-19(11-6-4-3-5-7-11)10-12(14)13(20)15(16,17)18/h5-9,12H,4,10-11H2,1-3H3;3-7,10H,8-9H2,1-2H3. The summed E-state index contributed by atoms with van der Waals surface area (Å²) in [5.74, 6) is -1.48. The van der Waals surface area contributed by atoms with Gasteiger partial charge in [-0.2, -0.15) is 13.2 Å². The van der Waals surface area contributed by atoms with Crippen LogP contribution in [0.2, 0.25) is 0 Å². The van der Waals surface area contributed by atoms with Crippen molar-refractivity contribution < 1.29 is 22.8 Å². The molecule has 0 saturated carbocycles. The first-order chi connectivity index (χ1) is 17.8. The fraction of sp³-hybridized carbons (Fsp3) is 0.419. The molecular weight excluding hydrogens is 489 g/mol. The third kappa shape index (κ3) is 6.94. The van der Waals surface area contributed by atoms with Gasteiger partial charge in [0.25, 0.3) is 5.78 Å². The number of allylic oxidation sites excluding steroid dienone is 2. The zero-order valence-corrected chi connectivity index (χ0v) is 22.8. The lowest BCUT2D eigenvalue weighted by Gasteiger charge is -2.37. The molecule has 0 atom stereocenters. The summed E-state index contributed by atoms with van der Waals surface area (Å²) >= 11 is 0. The van der Waals surface area contributed by atoms with Crippen LogP contribution in [0.25, 0.3) is 0 Å². The van der Waals surface area contributed by atoms with Gasteiger partial charge in [-0.1, -0.05) is 71.0 Å². The minimum Gasteiger partial charge on any atom is -0.348 e. The molecule has 2 aliphatic rings. The molecule has 0 radical (unpaired) electrons. The molecule has 0 saturated heterocycles. The summed E-state index contributed by atoms with van der Waals surface area (Å²) in [6.45, 7) is 11.2. The van der Waals surface area contributed by atoms with Crippen molar-refractivity contribution in [3.05, 3.63) is 84.2 Å². The Morgan fingerprint density at radius 3 is 1.53 bits per heavy atom. The molecule has 2 heterocycles. The first-order valence-electron chi connectivity index (χ1n) is 13.0. The SMILES string of the molecule is CC1(C)CCN(c2ccccc2)C=C1C(=O)C(F)(F)F.CCC(=O)C1=CN(c2ccccc2)CCC1(C)C. The van der Waals surface area contributed by atoms with Crippen LogP contribution >= 0.6 is 0 Å². The van der Waals surface area contributed by atoms with Crippen molar-refractivity contribution in [2.45, 2.75) is 60.1 Å². The number of rotatable bonds is 5. The van der Waals surface area contributed by atoms with E-state index in [2.05, 4.69) is 30.9 Å². The molecule has 4 rings (SSSR count). The third-order valence-corrected chi connectivity index (χ3v) is 7.28. The van der Waals surface area contributed by atoms with Crippen LogP contribution in [-0.4, -0.2) is 30.8 Å². The molecule has 0 amide bonds. The van der Waals surface area contributed by atoms with Crippen LogP contribution in [0.1, 0.15) is 53.9 Å². The molecule has 0 aromatic heterocycles. The maximum absolute atomic E-state index is 12.7. The Hall–Kier alpha value is -3.35. The molecule has 0 N–H and O–H groups in total. The molecule has 4 nitrogen and oxygen atoms in total. The van der Waals surface area contributed by atoms with Gasteiger partial charge in [0.05, 0.1) is 0 Å². The van der Waals surface area contributed by atoms with Crippen molar-refractivity contribution in [1.82, 2.24) is 0 Å². The summed E-state index contributed by atoms with van der Waals surface area (Å²) in [6, 6.07) is 19.3. The van der Waals surface area contributed by atoms with Gasteiger partial charge < -0.3 is 9.80 Å². The van der Waals surface area contributed by atoms with Gasteiger partial charge in [0.2, 0.25) is 0 Å². The van der Waals surface area contributed by atoms with E-state index in [0.717, 1.165) is 29.9 Å². The number of alkyl halides is 3. The molecule has 0 unspecified atom stereocenters. The number of benzene rings is 2. The summed E-state index contributed by atoms with van der Waals surface area (Å²) in [5, 5.41) is 0. The van der Waals surface area contributed by atoms with Crippen molar-refractivity contribution >= 4 is 22.9 Å². The number of carbonyl (C=O) groups is 2. The van der Waals surface area contributed by atoms with E-state index in [1.807, 2.05) is 61.7 Å². The number of carbonyl (C=O) groups excluding carboxylic acids is 2. The van der Waals surface area contributed by atoms with Gasteiger partial charge in [-0.3, -0.25) is 9.59 Å². The van der Waals surface area contributed by atoms with E-state index >= 15 is 0 Å². The summed E-state index contributed by atoms with van der Waals surface area (Å²) in [6.07, 6.45) is 0.648. The fourth-order valence-corrected chi connectivity index (χ4v) is 4.66. The largest absolute Gasteiger partial charge is 0.454 e. The molecule has 2 aliphatic heterocycles. The molecule has 204 valence electrons. The molecule has 0 fully saturated rings. The third-order valence-electron chi connectivity index (χ3n) is 7.28. The van der Waals surface area contributed by atoms with E-state index < -0.39 is 17.4 Å². The Balaban J connectivity index is 0.000000212. The highest BCUT2D eigenvalue weighted by molar-refractivity contribution is 6.01. The summed E-state index contributed by atoms with van der Waals surface area (Å²) in [4.78, 5) is 27.5. The van der Waals surface area contributed by atoms with Gasteiger partial charge in [0.15, 0.2) is 5.78 Å². The van der Waals surface area contributed by atoms with Crippen LogP contribution in [0, 0.1) is 10.8 Å². The Kier molecular flexibility index (Phi) is 8.90. The Bertz CT molecular complexity index is 1180. The number of ketones is 2. The number of para-hydroxylation sites is 2. The highest BCUT2D eigenvalue weighted by Gasteiger charge is 2.46. The van der Waals surface area contributed by atoms with Crippen LogP contribution in [0.3, 0.4) is 0 Å². The lowest BCUT2D eigenvalue weighted by molar-refractivity contribution is -0.167. The van der Waals surface area contributed by atoms with Crippen molar-refractivity contribution in [1.29, 1.82) is 0 Å². The van der Waals surface area contributed by atoms with Crippen LogP contribution in [-0.2, 0) is 9.59 Å². The zero-order valence-electron chi connectivity index (χ0n) is 22.8.